The van der Waals surface area contributed by atoms with Crippen LogP contribution in [0.15, 0.2) is 12.4 Å². The van der Waals surface area contributed by atoms with E-state index < -0.39 is 0 Å². The molecule has 0 spiro atoms. The van der Waals surface area contributed by atoms with Gasteiger partial charge < -0.3 is 10.1 Å². The molecule has 0 aliphatic carbocycles. The average Bonchev–Trinajstić information content (AvgIpc) is 2.20. The Morgan fingerprint density at radius 1 is 1.57 bits per heavy atom. The molecule has 1 rings (SSSR count). The first-order valence-corrected chi connectivity index (χ1v) is 4.37. The third-order valence-corrected chi connectivity index (χ3v) is 1.86. The second-order valence-corrected chi connectivity index (χ2v) is 2.91. The van der Waals surface area contributed by atoms with Gasteiger partial charge in [0.15, 0.2) is 0 Å². The molecule has 0 unspecified atom stereocenters. The Bertz CT molecular complexity index is 344. The smallest absolute Gasteiger partial charge is 0.103 e. The van der Waals surface area contributed by atoms with Gasteiger partial charge in [-0.05, 0) is 12.5 Å². The molecule has 1 N–H and O–H groups in total. The first-order valence-electron chi connectivity index (χ1n) is 4.37. The molecule has 0 radical (unpaired) electrons. The number of rotatable bonds is 4. The Balaban J connectivity index is 2.78. The lowest BCUT2D eigenvalue weighted by Crippen LogP contribution is -2.10. The molecule has 0 amide bonds. The first-order chi connectivity index (χ1) is 6.79. The molecule has 4 nitrogen and oxygen atoms in total. The number of nitrogens with one attached hydrogen (secondary N) is 1. The molecule has 0 aliphatic rings. The number of hydrogen-bond acceptors (Lipinski definition) is 4. The minimum atomic E-state index is 0.570. The van der Waals surface area contributed by atoms with Crippen molar-refractivity contribution in [3.63, 3.8) is 0 Å². The maximum Gasteiger partial charge on any atom is 0.103 e. The maximum atomic E-state index is 8.84. The molecule has 0 atom stereocenters. The van der Waals surface area contributed by atoms with Crippen LogP contribution in [-0.4, -0.2) is 25.2 Å². The van der Waals surface area contributed by atoms with Crippen LogP contribution < -0.4 is 5.32 Å². The molecule has 74 valence electrons. The van der Waals surface area contributed by atoms with E-state index in [9.17, 15) is 0 Å². The molecule has 0 aliphatic heterocycles. The molecule has 1 aromatic heterocycles. The van der Waals surface area contributed by atoms with Crippen LogP contribution in [0.2, 0.25) is 0 Å². The van der Waals surface area contributed by atoms with Crippen molar-refractivity contribution in [2.24, 2.45) is 0 Å². The van der Waals surface area contributed by atoms with Gasteiger partial charge in [0.1, 0.15) is 6.07 Å². The predicted octanol–water partition coefficient (Wildman–Crippen LogP) is 1.32. The second-order valence-electron chi connectivity index (χ2n) is 2.91. The van der Waals surface area contributed by atoms with Crippen molar-refractivity contribution >= 4 is 5.69 Å². The summed E-state index contributed by atoms with van der Waals surface area (Å²) in [6, 6.07) is 2.10. The Labute approximate surface area is 83.5 Å². The van der Waals surface area contributed by atoms with Crippen molar-refractivity contribution in [2.45, 2.75) is 6.92 Å². The molecule has 0 saturated carbocycles. The van der Waals surface area contributed by atoms with Gasteiger partial charge in [0.2, 0.25) is 0 Å². The number of hydrogen-bond donors (Lipinski definition) is 1. The minimum Gasteiger partial charge on any atom is -0.383 e. The molecule has 1 heterocycles. The zero-order valence-electron chi connectivity index (χ0n) is 8.37. The number of ether oxygens (including phenoxy) is 1. The summed E-state index contributed by atoms with van der Waals surface area (Å²) >= 11 is 0. The summed E-state index contributed by atoms with van der Waals surface area (Å²) < 4.78 is 4.92. The zero-order chi connectivity index (χ0) is 10.4. The van der Waals surface area contributed by atoms with Crippen LogP contribution in [0, 0.1) is 18.3 Å². The first kappa shape index (κ1) is 10.5. The van der Waals surface area contributed by atoms with Gasteiger partial charge in [-0.2, -0.15) is 5.26 Å². The monoisotopic (exact) mass is 191 g/mol. The maximum absolute atomic E-state index is 8.84. The normalized spacial score (nSPS) is 9.50. The van der Waals surface area contributed by atoms with Gasteiger partial charge in [-0.25, -0.2) is 0 Å². The van der Waals surface area contributed by atoms with Crippen molar-refractivity contribution < 1.29 is 4.74 Å². The Morgan fingerprint density at radius 2 is 2.36 bits per heavy atom. The third kappa shape index (κ3) is 2.44. The molecule has 14 heavy (non-hydrogen) atoms. The Hall–Kier alpha value is -1.60. The summed E-state index contributed by atoms with van der Waals surface area (Å²) in [7, 11) is 1.65. The van der Waals surface area contributed by atoms with Gasteiger partial charge in [0.25, 0.3) is 0 Å². The van der Waals surface area contributed by atoms with Crippen molar-refractivity contribution in [3.8, 4) is 6.07 Å². The summed E-state index contributed by atoms with van der Waals surface area (Å²) in [5, 5.41) is 12.0. The average molecular weight is 191 g/mol. The van der Waals surface area contributed by atoms with Crippen LogP contribution in [0.25, 0.3) is 0 Å². The number of aryl methyl sites for hydroxylation is 1. The van der Waals surface area contributed by atoms with Crippen molar-refractivity contribution in [2.75, 3.05) is 25.6 Å². The van der Waals surface area contributed by atoms with Crippen molar-refractivity contribution in [1.29, 1.82) is 5.26 Å². The molecule has 0 saturated heterocycles. The van der Waals surface area contributed by atoms with Crippen molar-refractivity contribution in [3.05, 3.63) is 23.5 Å². The Kier molecular flexibility index (Phi) is 3.89. The van der Waals surface area contributed by atoms with Gasteiger partial charge in [0, 0.05) is 26.0 Å². The molecule has 1 aromatic rings. The number of nitrogens with zero attached hydrogens (tertiary/aromatic N) is 2. The van der Waals surface area contributed by atoms with E-state index in [4.69, 9.17) is 10.00 Å². The lowest BCUT2D eigenvalue weighted by molar-refractivity contribution is 0.211. The van der Waals surface area contributed by atoms with E-state index in [1.807, 2.05) is 6.92 Å². The van der Waals surface area contributed by atoms with Crippen LogP contribution in [0.4, 0.5) is 5.69 Å². The molecule has 0 aromatic carbocycles. The molecular weight excluding hydrogens is 178 g/mol. The van der Waals surface area contributed by atoms with Crippen molar-refractivity contribution in [1.82, 2.24) is 4.98 Å². The van der Waals surface area contributed by atoms with E-state index in [0.717, 1.165) is 11.3 Å². The zero-order valence-corrected chi connectivity index (χ0v) is 8.37. The molecule has 0 bridgehead atoms. The summed E-state index contributed by atoms with van der Waals surface area (Å²) in [4.78, 5) is 3.95. The van der Waals surface area contributed by atoms with Crippen LogP contribution in [0.1, 0.15) is 11.1 Å². The van der Waals surface area contributed by atoms with E-state index >= 15 is 0 Å². The fraction of sp³-hybridized carbons (Fsp3) is 0.400. The number of anilines is 1. The van der Waals surface area contributed by atoms with Crippen LogP contribution >= 0.6 is 0 Å². The van der Waals surface area contributed by atoms with E-state index in [0.29, 0.717) is 18.7 Å². The fourth-order valence-corrected chi connectivity index (χ4v) is 1.16. The number of aromatic nitrogens is 1. The second kappa shape index (κ2) is 5.20. The largest absolute Gasteiger partial charge is 0.383 e. The summed E-state index contributed by atoms with van der Waals surface area (Å²) in [6.07, 6.45) is 3.29. The highest BCUT2D eigenvalue weighted by Crippen LogP contribution is 2.17. The molecular formula is C10H13N3O. The summed E-state index contributed by atoms with van der Waals surface area (Å²) in [5.74, 6) is 0. The quantitative estimate of drug-likeness (QED) is 0.729. The molecule has 0 fully saturated rings. The highest BCUT2D eigenvalue weighted by atomic mass is 16.5. The third-order valence-electron chi connectivity index (χ3n) is 1.86. The Morgan fingerprint density at radius 3 is 3.00 bits per heavy atom. The lowest BCUT2D eigenvalue weighted by atomic mass is 10.2. The van der Waals surface area contributed by atoms with Gasteiger partial charge >= 0.3 is 0 Å². The standard InChI is InChI=1S/C10H13N3O/c1-8-6-12-7-9(5-11)10(8)13-3-4-14-2/h6-7H,3-4H2,1-2H3,(H,12,13). The van der Waals surface area contributed by atoms with E-state index in [1.54, 1.807) is 19.5 Å². The summed E-state index contributed by atoms with van der Waals surface area (Å²) in [6.45, 7) is 3.23. The topological polar surface area (TPSA) is 57.9 Å². The van der Waals surface area contributed by atoms with Gasteiger partial charge in [-0.15, -0.1) is 0 Å². The highest BCUT2D eigenvalue weighted by Gasteiger charge is 2.04. The van der Waals surface area contributed by atoms with E-state index in [-0.39, 0.29) is 0 Å². The number of nitriles is 1. The fourth-order valence-electron chi connectivity index (χ4n) is 1.16. The van der Waals surface area contributed by atoms with Gasteiger partial charge in [-0.1, -0.05) is 0 Å². The highest BCUT2D eigenvalue weighted by molar-refractivity contribution is 5.60. The van der Waals surface area contributed by atoms with E-state index in [1.165, 1.54) is 0 Å². The van der Waals surface area contributed by atoms with Crippen LogP contribution in [0.5, 0.6) is 0 Å². The predicted molar refractivity (Wildman–Crippen MR) is 54.1 cm³/mol. The minimum absolute atomic E-state index is 0.570. The lowest BCUT2D eigenvalue weighted by Gasteiger charge is -2.09. The van der Waals surface area contributed by atoms with Gasteiger partial charge in [-0.3, -0.25) is 4.98 Å². The van der Waals surface area contributed by atoms with Crippen LogP contribution in [0.3, 0.4) is 0 Å². The number of methoxy groups -OCH3 is 1. The van der Waals surface area contributed by atoms with E-state index in [2.05, 4.69) is 16.4 Å². The molecule has 4 heteroatoms. The summed E-state index contributed by atoms with van der Waals surface area (Å²) in [5.41, 5.74) is 2.39. The van der Waals surface area contributed by atoms with Gasteiger partial charge in [0.05, 0.1) is 17.9 Å². The van der Waals surface area contributed by atoms with Crippen LogP contribution in [-0.2, 0) is 4.74 Å². The SMILES string of the molecule is COCCNc1c(C)cncc1C#N. The number of pyridine rings is 1.